The molecule has 0 aromatic heterocycles. The van der Waals surface area contributed by atoms with Crippen molar-refractivity contribution in [3.05, 3.63) is 29.3 Å². The Hall–Kier alpha value is -1.84. The van der Waals surface area contributed by atoms with E-state index >= 15 is 0 Å². The first-order valence-corrected chi connectivity index (χ1v) is 6.49. The highest BCUT2D eigenvalue weighted by atomic mass is 16.2. The third-order valence-electron chi connectivity index (χ3n) is 3.56. The summed E-state index contributed by atoms with van der Waals surface area (Å²) in [4.78, 5) is 27.4. The smallest absolute Gasteiger partial charge is 0.227 e. The highest BCUT2D eigenvalue weighted by Crippen LogP contribution is 2.29. The van der Waals surface area contributed by atoms with Crippen LogP contribution < -0.4 is 4.90 Å². The molecule has 1 aromatic carbocycles. The molecule has 1 aliphatic heterocycles. The molecule has 4 nitrogen and oxygen atoms in total. The van der Waals surface area contributed by atoms with E-state index in [2.05, 4.69) is 6.07 Å². The molecule has 0 aliphatic carbocycles. The molecule has 0 radical (unpaired) electrons. The number of aryl methyl sites for hydroxylation is 2. The molecule has 1 fully saturated rings. The number of hydrogen-bond acceptors (Lipinski definition) is 2. The topological polar surface area (TPSA) is 40.6 Å². The minimum atomic E-state index is -0.219. The summed E-state index contributed by atoms with van der Waals surface area (Å²) in [5, 5.41) is 0. The number of benzene rings is 1. The highest BCUT2D eigenvalue weighted by Gasteiger charge is 2.36. The average molecular weight is 260 g/mol. The molecule has 19 heavy (non-hydrogen) atoms. The molecule has 1 aliphatic rings. The van der Waals surface area contributed by atoms with Gasteiger partial charge >= 0.3 is 0 Å². The molecular weight excluding hydrogens is 240 g/mol. The Balaban J connectivity index is 2.23. The van der Waals surface area contributed by atoms with Crippen molar-refractivity contribution in [2.75, 3.05) is 25.5 Å². The van der Waals surface area contributed by atoms with Gasteiger partial charge in [-0.3, -0.25) is 9.59 Å². The highest BCUT2D eigenvalue weighted by molar-refractivity contribution is 6.00. The molecule has 1 heterocycles. The van der Waals surface area contributed by atoms with Gasteiger partial charge in [0, 0.05) is 32.7 Å². The maximum Gasteiger partial charge on any atom is 0.227 e. The normalized spacial score (nSPS) is 18.8. The van der Waals surface area contributed by atoms with Gasteiger partial charge in [-0.1, -0.05) is 17.7 Å². The van der Waals surface area contributed by atoms with Crippen molar-refractivity contribution in [1.82, 2.24) is 4.90 Å². The Morgan fingerprint density at radius 1 is 1.32 bits per heavy atom. The van der Waals surface area contributed by atoms with Crippen molar-refractivity contribution < 1.29 is 9.59 Å². The number of anilines is 1. The van der Waals surface area contributed by atoms with Gasteiger partial charge in [-0.05, 0) is 25.5 Å². The lowest BCUT2D eigenvalue weighted by Gasteiger charge is -2.20. The number of nitrogens with zero attached hydrogens (tertiary/aromatic N) is 2. The van der Waals surface area contributed by atoms with Crippen LogP contribution in [0.4, 0.5) is 5.69 Å². The van der Waals surface area contributed by atoms with Crippen molar-refractivity contribution >= 4 is 17.5 Å². The third-order valence-corrected chi connectivity index (χ3v) is 3.56. The molecule has 0 saturated carbocycles. The number of carbonyl (C=O) groups is 2. The zero-order valence-electron chi connectivity index (χ0n) is 11.9. The average Bonchev–Trinajstić information content (AvgIpc) is 2.70. The van der Waals surface area contributed by atoms with Crippen molar-refractivity contribution in [2.45, 2.75) is 20.3 Å². The zero-order valence-corrected chi connectivity index (χ0v) is 11.9. The Kier molecular flexibility index (Phi) is 3.60. The SMILES string of the molecule is Cc1ccc(N2CC(C(=O)N(C)C)CC2=O)c(C)c1. The number of rotatable bonds is 2. The lowest BCUT2D eigenvalue weighted by molar-refractivity contribution is -0.133. The van der Waals surface area contributed by atoms with Crippen molar-refractivity contribution in [2.24, 2.45) is 5.92 Å². The van der Waals surface area contributed by atoms with Crippen LogP contribution in [0.25, 0.3) is 0 Å². The Labute approximate surface area is 114 Å². The third kappa shape index (κ3) is 2.62. The first-order valence-electron chi connectivity index (χ1n) is 6.49. The summed E-state index contributed by atoms with van der Waals surface area (Å²) in [6.07, 6.45) is 0.310. The van der Waals surface area contributed by atoms with Crippen molar-refractivity contribution in [1.29, 1.82) is 0 Å². The number of hydrogen-bond donors (Lipinski definition) is 0. The van der Waals surface area contributed by atoms with E-state index in [4.69, 9.17) is 0 Å². The van der Waals surface area contributed by atoms with Gasteiger partial charge in [-0.2, -0.15) is 0 Å². The van der Waals surface area contributed by atoms with Gasteiger partial charge in [0.05, 0.1) is 5.92 Å². The molecule has 2 amide bonds. The first kappa shape index (κ1) is 13.6. The van der Waals surface area contributed by atoms with E-state index < -0.39 is 0 Å². The molecule has 1 atom stereocenters. The van der Waals surface area contributed by atoms with Crippen LogP contribution >= 0.6 is 0 Å². The molecule has 0 N–H and O–H groups in total. The summed E-state index contributed by atoms with van der Waals surface area (Å²) in [6, 6.07) is 6.02. The van der Waals surface area contributed by atoms with E-state index in [1.807, 2.05) is 26.0 Å². The fourth-order valence-electron chi connectivity index (χ4n) is 2.58. The Bertz CT molecular complexity index is 523. The second-order valence-electron chi connectivity index (χ2n) is 5.43. The Morgan fingerprint density at radius 2 is 2.00 bits per heavy atom. The van der Waals surface area contributed by atoms with Crippen LogP contribution in [0, 0.1) is 19.8 Å². The predicted octanol–water partition coefficient (Wildman–Crippen LogP) is 1.74. The van der Waals surface area contributed by atoms with Crippen LogP contribution in [-0.4, -0.2) is 37.4 Å². The van der Waals surface area contributed by atoms with Gasteiger partial charge in [-0.25, -0.2) is 0 Å². The minimum absolute atomic E-state index is 0.0283. The second-order valence-corrected chi connectivity index (χ2v) is 5.43. The van der Waals surface area contributed by atoms with Crippen LogP contribution in [0.15, 0.2) is 18.2 Å². The van der Waals surface area contributed by atoms with Gasteiger partial charge in [0.1, 0.15) is 0 Å². The van der Waals surface area contributed by atoms with E-state index in [-0.39, 0.29) is 17.7 Å². The molecule has 102 valence electrons. The van der Waals surface area contributed by atoms with E-state index in [1.165, 1.54) is 5.56 Å². The zero-order chi connectivity index (χ0) is 14.2. The van der Waals surface area contributed by atoms with Crippen LogP contribution in [0.3, 0.4) is 0 Å². The van der Waals surface area contributed by atoms with E-state index in [9.17, 15) is 9.59 Å². The second kappa shape index (κ2) is 5.03. The summed E-state index contributed by atoms with van der Waals surface area (Å²) in [7, 11) is 3.46. The van der Waals surface area contributed by atoms with Crippen LogP contribution in [0.5, 0.6) is 0 Å². The van der Waals surface area contributed by atoms with Gasteiger partial charge in [0.25, 0.3) is 0 Å². The lowest BCUT2D eigenvalue weighted by Crippen LogP contribution is -2.32. The van der Waals surface area contributed by atoms with E-state index in [1.54, 1.807) is 23.9 Å². The van der Waals surface area contributed by atoms with Gasteiger partial charge < -0.3 is 9.80 Å². The Morgan fingerprint density at radius 3 is 2.58 bits per heavy atom. The molecule has 0 bridgehead atoms. The molecule has 4 heteroatoms. The van der Waals surface area contributed by atoms with Crippen molar-refractivity contribution in [3.8, 4) is 0 Å². The summed E-state index contributed by atoms with van der Waals surface area (Å²) in [5.41, 5.74) is 3.17. The quantitative estimate of drug-likeness (QED) is 0.812. The maximum atomic E-state index is 12.1. The molecule has 1 aromatic rings. The maximum absolute atomic E-state index is 12.1. The molecule has 0 spiro atoms. The fourth-order valence-corrected chi connectivity index (χ4v) is 2.58. The first-order chi connectivity index (χ1) is 8.90. The molecular formula is C15H20N2O2. The fraction of sp³-hybridized carbons (Fsp3) is 0.467. The monoisotopic (exact) mass is 260 g/mol. The summed E-state index contributed by atoms with van der Waals surface area (Å²) in [6.45, 7) is 4.51. The van der Waals surface area contributed by atoms with E-state index in [0.29, 0.717) is 13.0 Å². The van der Waals surface area contributed by atoms with Gasteiger partial charge in [0.15, 0.2) is 0 Å². The largest absolute Gasteiger partial charge is 0.349 e. The van der Waals surface area contributed by atoms with Gasteiger partial charge in [0.2, 0.25) is 11.8 Å². The van der Waals surface area contributed by atoms with Crippen LogP contribution in [0.2, 0.25) is 0 Å². The summed E-state index contributed by atoms with van der Waals surface area (Å²) < 4.78 is 0. The number of amides is 2. The van der Waals surface area contributed by atoms with Crippen molar-refractivity contribution in [3.63, 3.8) is 0 Å². The molecule has 1 unspecified atom stereocenters. The summed E-state index contributed by atoms with van der Waals surface area (Å²) in [5.74, 6) is -0.157. The number of carbonyl (C=O) groups excluding carboxylic acids is 2. The predicted molar refractivity (Wildman–Crippen MR) is 75.1 cm³/mol. The standard InChI is InChI=1S/C15H20N2O2/c1-10-5-6-13(11(2)7-10)17-9-12(8-14(17)18)15(19)16(3)4/h5-7,12H,8-9H2,1-4H3. The summed E-state index contributed by atoms with van der Waals surface area (Å²) >= 11 is 0. The lowest BCUT2D eigenvalue weighted by atomic mass is 10.1. The van der Waals surface area contributed by atoms with E-state index in [0.717, 1.165) is 11.3 Å². The molecule has 2 rings (SSSR count). The molecule has 1 saturated heterocycles. The van der Waals surface area contributed by atoms with Crippen LogP contribution in [0.1, 0.15) is 17.5 Å². The van der Waals surface area contributed by atoms with Crippen LogP contribution in [-0.2, 0) is 9.59 Å². The van der Waals surface area contributed by atoms with Gasteiger partial charge in [-0.15, -0.1) is 0 Å². The minimum Gasteiger partial charge on any atom is -0.349 e.